The molecule has 0 radical (unpaired) electrons. The molecule has 0 aromatic rings. The first-order valence-electron chi connectivity index (χ1n) is 5.84. The number of carbonyl (C=O) groups excluding carboxylic acids is 1. The Labute approximate surface area is 102 Å². The van der Waals surface area contributed by atoms with Crippen LogP contribution in [0.1, 0.15) is 53.4 Å². The maximum absolute atomic E-state index is 11.9. The van der Waals surface area contributed by atoms with Crippen molar-refractivity contribution in [3.63, 3.8) is 0 Å². The zero-order valence-corrected chi connectivity index (χ0v) is 12.0. The molecule has 0 aliphatic heterocycles. The fraction of sp³-hybridized carbons (Fsp3) is 0.917. The van der Waals surface area contributed by atoms with E-state index in [1.54, 1.807) is 0 Å². The van der Waals surface area contributed by atoms with E-state index in [4.69, 9.17) is 0 Å². The van der Waals surface area contributed by atoms with Crippen LogP contribution >= 0.6 is 15.9 Å². The van der Waals surface area contributed by atoms with Crippen molar-refractivity contribution in [1.82, 2.24) is 5.32 Å². The number of alkyl halides is 1. The molecular formula is C12H24BrNO. The van der Waals surface area contributed by atoms with Crippen LogP contribution in [0.2, 0.25) is 0 Å². The van der Waals surface area contributed by atoms with Gasteiger partial charge in [-0.05, 0) is 26.7 Å². The van der Waals surface area contributed by atoms with Gasteiger partial charge >= 0.3 is 0 Å². The van der Waals surface area contributed by atoms with Gasteiger partial charge in [0.15, 0.2) is 0 Å². The van der Waals surface area contributed by atoms with Crippen LogP contribution in [-0.2, 0) is 4.79 Å². The largest absolute Gasteiger partial charge is 0.350 e. The SMILES string of the molecule is CCCCC(CC)C(=O)NC(C)(C)CBr. The van der Waals surface area contributed by atoms with E-state index in [0.29, 0.717) is 0 Å². The number of unbranched alkanes of at least 4 members (excludes halogenated alkanes) is 1. The van der Waals surface area contributed by atoms with Gasteiger partial charge in [0.05, 0.1) is 0 Å². The Balaban J connectivity index is 4.15. The summed E-state index contributed by atoms with van der Waals surface area (Å²) in [7, 11) is 0. The summed E-state index contributed by atoms with van der Waals surface area (Å²) in [6, 6.07) is 0. The average molecular weight is 278 g/mol. The maximum atomic E-state index is 11.9. The molecule has 0 rings (SSSR count). The molecule has 0 aliphatic carbocycles. The van der Waals surface area contributed by atoms with Crippen LogP contribution < -0.4 is 5.32 Å². The first-order chi connectivity index (χ1) is 6.96. The van der Waals surface area contributed by atoms with Crippen molar-refractivity contribution in [1.29, 1.82) is 0 Å². The fourth-order valence-corrected chi connectivity index (χ4v) is 1.58. The molecule has 15 heavy (non-hydrogen) atoms. The molecule has 0 aromatic carbocycles. The van der Waals surface area contributed by atoms with Gasteiger partial charge in [-0.15, -0.1) is 0 Å². The first kappa shape index (κ1) is 14.9. The van der Waals surface area contributed by atoms with Gasteiger partial charge in [0, 0.05) is 16.8 Å². The number of hydrogen-bond donors (Lipinski definition) is 1. The number of carbonyl (C=O) groups is 1. The summed E-state index contributed by atoms with van der Waals surface area (Å²) < 4.78 is 0. The van der Waals surface area contributed by atoms with Crippen molar-refractivity contribution in [3.05, 3.63) is 0 Å². The molecule has 1 atom stereocenters. The van der Waals surface area contributed by atoms with Crippen LogP contribution in [0.15, 0.2) is 0 Å². The molecule has 0 aliphatic rings. The lowest BCUT2D eigenvalue weighted by atomic mass is 9.97. The van der Waals surface area contributed by atoms with Crippen LogP contribution in [0.3, 0.4) is 0 Å². The molecule has 3 heteroatoms. The number of hydrogen-bond acceptors (Lipinski definition) is 1. The Bertz CT molecular complexity index is 192. The molecule has 0 bridgehead atoms. The van der Waals surface area contributed by atoms with Crippen LogP contribution in [0.5, 0.6) is 0 Å². The normalized spacial score (nSPS) is 13.7. The molecule has 90 valence electrons. The van der Waals surface area contributed by atoms with Crippen molar-refractivity contribution in [2.75, 3.05) is 5.33 Å². The third-order valence-corrected chi connectivity index (χ3v) is 3.97. The zero-order valence-electron chi connectivity index (χ0n) is 10.4. The third-order valence-electron chi connectivity index (χ3n) is 2.57. The Kier molecular flexibility index (Phi) is 7.24. The molecule has 1 N–H and O–H groups in total. The van der Waals surface area contributed by atoms with E-state index < -0.39 is 0 Å². The van der Waals surface area contributed by atoms with Crippen molar-refractivity contribution in [2.45, 2.75) is 58.9 Å². The third kappa shape index (κ3) is 6.18. The summed E-state index contributed by atoms with van der Waals surface area (Å²) in [6.45, 7) is 8.31. The summed E-state index contributed by atoms with van der Waals surface area (Å²) in [5, 5.41) is 3.87. The Morgan fingerprint density at radius 3 is 2.40 bits per heavy atom. The summed E-state index contributed by atoms with van der Waals surface area (Å²) in [4.78, 5) is 11.9. The van der Waals surface area contributed by atoms with Gasteiger partial charge in [0.2, 0.25) is 5.91 Å². The lowest BCUT2D eigenvalue weighted by Crippen LogP contribution is -2.47. The Hall–Kier alpha value is -0.0500. The van der Waals surface area contributed by atoms with E-state index in [0.717, 1.165) is 31.0 Å². The first-order valence-corrected chi connectivity index (χ1v) is 6.97. The summed E-state index contributed by atoms with van der Waals surface area (Å²) in [5.41, 5.74) is -0.142. The van der Waals surface area contributed by atoms with Crippen molar-refractivity contribution < 1.29 is 4.79 Å². The maximum Gasteiger partial charge on any atom is 0.223 e. The minimum atomic E-state index is -0.142. The molecule has 0 aromatic heterocycles. The number of amides is 1. The number of nitrogens with one attached hydrogen (secondary N) is 1. The molecule has 0 saturated heterocycles. The molecule has 0 heterocycles. The van der Waals surface area contributed by atoms with Gasteiger partial charge in [-0.3, -0.25) is 4.79 Å². The monoisotopic (exact) mass is 277 g/mol. The van der Waals surface area contributed by atoms with Crippen LogP contribution in [0.4, 0.5) is 0 Å². The van der Waals surface area contributed by atoms with Gasteiger partial charge in [0.25, 0.3) is 0 Å². The number of rotatable bonds is 7. The van der Waals surface area contributed by atoms with Gasteiger partial charge in [-0.2, -0.15) is 0 Å². The molecular weight excluding hydrogens is 254 g/mol. The van der Waals surface area contributed by atoms with Crippen LogP contribution in [0, 0.1) is 5.92 Å². The minimum Gasteiger partial charge on any atom is -0.350 e. The quantitative estimate of drug-likeness (QED) is 0.710. The second-order valence-corrected chi connectivity index (χ2v) is 5.31. The highest BCUT2D eigenvalue weighted by molar-refractivity contribution is 9.09. The topological polar surface area (TPSA) is 29.1 Å². The van der Waals surface area contributed by atoms with Crippen LogP contribution in [-0.4, -0.2) is 16.8 Å². The molecule has 0 saturated carbocycles. The molecule has 1 unspecified atom stereocenters. The van der Waals surface area contributed by atoms with Gasteiger partial charge in [0.1, 0.15) is 0 Å². The smallest absolute Gasteiger partial charge is 0.223 e. The van der Waals surface area contributed by atoms with Gasteiger partial charge in [-0.25, -0.2) is 0 Å². The summed E-state index contributed by atoms with van der Waals surface area (Å²) in [5.74, 6) is 0.388. The fourth-order valence-electron chi connectivity index (χ4n) is 1.44. The molecule has 0 spiro atoms. The van der Waals surface area contributed by atoms with Crippen molar-refractivity contribution in [2.24, 2.45) is 5.92 Å². The Morgan fingerprint density at radius 1 is 1.40 bits per heavy atom. The zero-order chi connectivity index (χ0) is 11.9. The highest BCUT2D eigenvalue weighted by Crippen LogP contribution is 2.15. The van der Waals surface area contributed by atoms with Crippen molar-refractivity contribution in [3.8, 4) is 0 Å². The molecule has 0 fully saturated rings. The van der Waals surface area contributed by atoms with Crippen molar-refractivity contribution >= 4 is 21.8 Å². The molecule has 2 nitrogen and oxygen atoms in total. The van der Waals surface area contributed by atoms with E-state index in [9.17, 15) is 4.79 Å². The lowest BCUT2D eigenvalue weighted by molar-refractivity contribution is -0.126. The van der Waals surface area contributed by atoms with E-state index in [-0.39, 0.29) is 17.4 Å². The average Bonchev–Trinajstić information content (AvgIpc) is 2.18. The van der Waals surface area contributed by atoms with E-state index in [1.165, 1.54) is 0 Å². The second kappa shape index (κ2) is 7.26. The standard InChI is InChI=1S/C12H24BrNO/c1-5-7-8-10(6-2)11(15)14-12(3,4)9-13/h10H,5-9H2,1-4H3,(H,14,15). The minimum absolute atomic E-state index is 0.142. The summed E-state index contributed by atoms with van der Waals surface area (Å²) >= 11 is 3.41. The number of halogens is 1. The summed E-state index contributed by atoms with van der Waals surface area (Å²) in [6.07, 6.45) is 4.24. The molecule has 1 amide bonds. The van der Waals surface area contributed by atoms with Crippen LogP contribution in [0.25, 0.3) is 0 Å². The highest BCUT2D eigenvalue weighted by atomic mass is 79.9. The van der Waals surface area contributed by atoms with E-state index in [1.807, 2.05) is 13.8 Å². The van der Waals surface area contributed by atoms with Gasteiger partial charge < -0.3 is 5.32 Å². The Morgan fingerprint density at radius 2 is 2.00 bits per heavy atom. The van der Waals surface area contributed by atoms with Gasteiger partial charge in [-0.1, -0.05) is 42.6 Å². The predicted molar refractivity (Wildman–Crippen MR) is 69.3 cm³/mol. The second-order valence-electron chi connectivity index (χ2n) is 4.75. The highest BCUT2D eigenvalue weighted by Gasteiger charge is 2.23. The van der Waals surface area contributed by atoms with E-state index in [2.05, 4.69) is 35.1 Å². The predicted octanol–water partition coefficient (Wildman–Crippen LogP) is 3.49. The lowest BCUT2D eigenvalue weighted by Gasteiger charge is -2.26. The van der Waals surface area contributed by atoms with E-state index >= 15 is 0 Å².